The first-order valence-corrected chi connectivity index (χ1v) is 8.92. The summed E-state index contributed by atoms with van der Waals surface area (Å²) in [6.07, 6.45) is 12.9. The van der Waals surface area contributed by atoms with Crippen molar-refractivity contribution in [2.24, 2.45) is 5.41 Å². The third-order valence-electron chi connectivity index (χ3n) is 4.34. The number of rotatable bonds is 6. The maximum absolute atomic E-state index is 11.4. The van der Waals surface area contributed by atoms with Gasteiger partial charge in [0.05, 0.1) is 12.7 Å². The summed E-state index contributed by atoms with van der Waals surface area (Å²) in [5.74, 6) is -0.311. The van der Waals surface area contributed by atoms with Gasteiger partial charge in [0.2, 0.25) is 0 Å². The van der Waals surface area contributed by atoms with E-state index in [9.17, 15) is 9.90 Å². The van der Waals surface area contributed by atoms with Gasteiger partial charge in [-0.05, 0) is 57.1 Å². The Morgan fingerprint density at radius 2 is 1.96 bits per heavy atom. The van der Waals surface area contributed by atoms with Gasteiger partial charge in [-0.25, -0.2) is 4.79 Å². The van der Waals surface area contributed by atoms with Crippen LogP contribution in [0.5, 0.6) is 0 Å². The average Bonchev–Trinajstić information content (AvgIpc) is 2.45. The van der Waals surface area contributed by atoms with E-state index in [0.29, 0.717) is 6.61 Å². The van der Waals surface area contributed by atoms with Crippen molar-refractivity contribution >= 4 is 5.97 Å². The molecule has 1 N–H and O–H groups in total. The predicted octanol–water partition coefficient (Wildman–Crippen LogP) is 5.05. The van der Waals surface area contributed by atoms with Gasteiger partial charge in [-0.1, -0.05) is 55.4 Å². The standard InChI is InChI=1S/C22H32O3/c1-7-25-21(24)13-17(3)10-8-9-16(2)11-12-20-18(4)14-19(23)15-22(20,5)6/h8-13,19,23H,7,14-15H2,1-6H3/b10-8+,12-11+,16-9+,17-13+. The predicted molar refractivity (Wildman–Crippen MR) is 104 cm³/mol. The lowest BCUT2D eigenvalue weighted by Gasteiger charge is -2.35. The lowest BCUT2D eigenvalue weighted by molar-refractivity contribution is -0.137. The third-order valence-corrected chi connectivity index (χ3v) is 4.34. The van der Waals surface area contributed by atoms with E-state index in [2.05, 4.69) is 32.9 Å². The highest BCUT2D eigenvalue weighted by molar-refractivity contribution is 5.83. The van der Waals surface area contributed by atoms with Crippen LogP contribution in [0.15, 0.2) is 58.7 Å². The molecule has 0 saturated heterocycles. The topological polar surface area (TPSA) is 46.5 Å². The van der Waals surface area contributed by atoms with E-state index in [1.54, 1.807) is 6.92 Å². The van der Waals surface area contributed by atoms with Crippen LogP contribution in [0, 0.1) is 5.41 Å². The van der Waals surface area contributed by atoms with Gasteiger partial charge in [-0.3, -0.25) is 0 Å². The number of aliphatic hydroxyl groups excluding tert-OH is 1. The van der Waals surface area contributed by atoms with Crippen molar-refractivity contribution in [1.29, 1.82) is 0 Å². The number of aliphatic hydroxyl groups is 1. The van der Waals surface area contributed by atoms with Crippen LogP contribution in [0.2, 0.25) is 0 Å². The Kier molecular flexibility index (Phi) is 8.11. The quantitative estimate of drug-likeness (QED) is 0.416. The Labute approximate surface area is 152 Å². The number of allylic oxidation sites excluding steroid dienone is 8. The molecule has 0 saturated carbocycles. The second-order valence-electron chi connectivity index (χ2n) is 7.38. The number of hydrogen-bond acceptors (Lipinski definition) is 3. The molecule has 1 aliphatic rings. The van der Waals surface area contributed by atoms with E-state index in [1.165, 1.54) is 17.2 Å². The molecule has 0 heterocycles. The van der Waals surface area contributed by atoms with E-state index in [-0.39, 0.29) is 17.5 Å². The minimum atomic E-state index is -0.311. The SMILES string of the molecule is CCOC(=O)/C=C(C)/C=C/C=C(C)/C=C/C1=C(C)CC(O)CC1(C)C. The summed E-state index contributed by atoms with van der Waals surface area (Å²) in [4.78, 5) is 11.4. The van der Waals surface area contributed by atoms with Gasteiger partial charge in [0.15, 0.2) is 0 Å². The molecule has 3 heteroatoms. The first-order chi connectivity index (χ1) is 11.7. The molecule has 1 rings (SSSR count). The Bertz CT molecular complexity index is 628. The van der Waals surface area contributed by atoms with Gasteiger partial charge >= 0.3 is 5.97 Å². The first-order valence-electron chi connectivity index (χ1n) is 8.92. The highest BCUT2D eigenvalue weighted by Gasteiger charge is 2.31. The Morgan fingerprint density at radius 3 is 2.56 bits per heavy atom. The smallest absolute Gasteiger partial charge is 0.330 e. The van der Waals surface area contributed by atoms with Gasteiger partial charge in [0.25, 0.3) is 0 Å². The van der Waals surface area contributed by atoms with Gasteiger partial charge < -0.3 is 9.84 Å². The maximum atomic E-state index is 11.4. The molecule has 1 atom stereocenters. The fourth-order valence-electron chi connectivity index (χ4n) is 3.22. The highest BCUT2D eigenvalue weighted by Crippen LogP contribution is 2.40. The molecule has 138 valence electrons. The molecule has 1 unspecified atom stereocenters. The van der Waals surface area contributed by atoms with Crippen LogP contribution in [-0.4, -0.2) is 23.8 Å². The molecule has 0 aliphatic heterocycles. The molecular formula is C22H32O3. The van der Waals surface area contributed by atoms with Crippen LogP contribution in [0.3, 0.4) is 0 Å². The van der Waals surface area contributed by atoms with E-state index >= 15 is 0 Å². The fourth-order valence-corrected chi connectivity index (χ4v) is 3.22. The normalized spacial score (nSPS) is 22.1. The van der Waals surface area contributed by atoms with Crippen LogP contribution in [-0.2, 0) is 9.53 Å². The zero-order valence-corrected chi connectivity index (χ0v) is 16.4. The van der Waals surface area contributed by atoms with Crippen LogP contribution in [0.25, 0.3) is 0 Å². The Balaban J connectivity index is 2.78. The second-order valence-corrected chi connectivity index (χ2v) is 7.38. The van der Waals surface area contributed by atoms with Gasteiger partial charge in [0.1, 0.15) is 0 Å². The van der Waals surface area contributed by atoms with Crippen molar-refractivity contribution in [2.75, 3.05) is 6.61 Å². The molecule has 0 aromatic heterocycles. The summed E-state index contributed by atoms with van der Waals surface area (Å²) >= 11 is 0. The molecule has 1 aliphatic carbocycles. The Hall–Kier alpha value is -1.87. The molecule has 0 fully saturated rings. The molecule has 0 radical (unpaired) electrons. The highest BCUT2D eigenvalue weighted by atomic mass is 16.5. The summed E-state index contributed by atoms with van der Waals surface area (Å²) in [6.45, 7) is 12.6. The number of ether oxygens (including phenoxy) is 1. The van der Waals surface area contributed by atoms with Crippen molar-refractivity contribution in [1.82, 2.24) is 0 Å². The van der Waals surface area contributed by atoms with Crippen molar-refractivity contribution in [3.63, 3.8) is 0 Å². The maximum Gasteiger partial charge on any atom is 0.330 e. The summed E-state index contributed by atoms with van der Waals surface area (Å²) in [5, 5.41) is 9.96. The number of carbonyl (C=O) groups excluding carboxylic acids is 1. The summed E-state index contributed by atoms with van der Waals surface area (Å²) in [6, 6.07) is 0. The molecule has 0 aromatic carbocycles. The molecular weight excluding hydrogens is 312 g/mol. The van der Waals surface area contributed by atoms with Crippen LogP contribution in [0.4, 0.5) is 0 Å². The molecule has 25 heavy (non-hydrogen) atoms. The van der Waals surface area contributed by atoms with Crippen LogP contribution >= 0.6 is 0 Å². The monoisotopic (exact) mass is 344 g/mol. The van der Waals surface area contributed by atoms with Crippen molar-refractivity contribution in [3.8, 4) is 0 Å². The van der Waals surface area contributed by atoms with E-state index in [1.807, 2.05) is 32.1 Å². The number of hydrogen-bond donors (Lipinski definition) is 1. The third kappa shape index (κ3) is 7.27. The zero-order valence-electron chi connectivity index (χ0n) is 16.4. The fraction of sp³-hybridized carbons (Fsp3) is 0.500. The van der Waals surface area contributed by atoms with Crippen molar-refractivity contribution in [3.05, 3.63) is 58.7 Å². The largest absolute Gasteiger partial charge is 0.463 e. The zero-order chi connectivity index (χ0) is 19.0. The van der Waals surface area contributed by atoms with Crippen molar-refractivity contribution < 1.29 is 14.6 Å². The molecule has 0 amide bonds. The van der Waals surface area contributed by atoms with E-state index < -0.39 is 0 Å². The van der Waals surface area contributed by atoms with Crippen LogP contribution < -0.4 is 0 Å². The van der Waals surface area contributed by atoms with Gasteiger partial charge in [-0.2, -0.15) is 0 Å². The average molecular weight is 344 g/mol. The van der Waals surface area contributed by atoms with E-state index in [4.69, 9.17) is 4.74 Å². The minimum Gasteiger partial charge on any atom is -0.463 e. The molecule has 0 bridgehead atoms. The lowest BCUT2D eigenvalue weighted by atomic mass is 9.71. The Morgan fingerprint density at radius 1 is 1.28 bits per heavy atom. The second kappa shape index (κ2) is 9.57. The summed E-state index contributed by atoms with van der Waals surface area (Å²) in [5.41, 5.74) is 4.55. The minimum absolute atomic E-state index is 0.00661. The van der Waals surface area contributed by atoms with Gasteiger partial charge in [0, 0.05) is 6.08 Å². The van der Waals surface area contributed by atoms with Crippen molar-refractivity contribution in [2.45, 2.75) is 60.5 Å². The summed E-state index contributed by atoms with van der Waals surface area (Å²) in [7, 11) is 0. The molecule has 3 nitrogen and oxygen atoms in total. The number of esters is 1. The summed E-state index contributed by atoms with van der Waals surface area (Å²) < 4.78 is 4.88. The molecule has 0 aromatic rings. The molecule has 0 spiro atoms. The van der Waals surface area contributed by atoms with Crippen LogP contribution in [0.1, 0.15) is 54.4 Å². The number of carbonyl (C=O) groups is 1. The lowest BCUT2D eigenvalue weighted by Crippen LogP contribution is -2.28. The first kappa shape index (κ1) is 21.2. The van der Waals surface area contributed by atoms with E-state index in [0.717, 1.165) is 24.0 Å². The van der Waals surface area contributed by atoms with Gasteiger partial charge in [-0.15, -0.1) is 0 Å².